The molecule has 4 aromatic carbocycles. The molecule has 0 spiro atoms. The Kier molecular flexibility index (Phi) is 7.52. The van der Waals surface area contributed by atoms with E-state index in [1.165, 1.54) is 36.4 Å². The second-order valence-corrected chi connectivity index (χ2v) is 10.2. The normalized spacial score (nSPS) is 20.4. The molecule has 2 heterocycles. The predicted octanol–water partition coefficient (Wildman–Crippen LogP) is 2.80. The molecule has 11 N–H and O–H groups in total. The van der Waals surface area contributed by atoms with Gasteiger partial charge in [-0.15, -0.1) is 0 Å². The van der Waals surface area contributed by atoms with E-state index in [0.29, 0.717) is 16.7 Å². The molecular weight excluding hydrogens is 568 g/mol. The first-order chi connectivity index (χ1) is 20.3. The van der Waals surface area contributed by atoms with Crippen LogP contribution >= 0.6 is 0 Å². The van der Waals surface area contributed by atoms with Crippen molar-refractivity contribution in [2.75, 3.05) is 0 Å². The fourth-order valence-corrected chi connectivity index (χ4v) is 5.00. The number of aliphatic hydroxyl groups is 2. The van der Waals surface area contributed by atoms with E-state index in [4.69, 9.17) is 9.47 Å². The number of rotatable bonds is 2. The standard InChI is InChI=1S/C15H14O7.C15H14O6/c16-7-3-9(17)8-5-12(20)15(22-13(8)4-7)6-1-10(18)14(21)11(19)2-6;16-8-4-11(18)9-6-13(20)15(21-14(9)5-8)7-1-2-10(17)12(19)3-7/h1-4,12,15-21H,5H2;1-5,13,15-20H,6H2/t12-,15-;13-,15-/m11/s1. The molecular formula is C30H28O13. The summed E-state index contributed by atoms with van der Waals surface area (Å²) in [5.74, 6) is -2.53. The van der Waals surface area contributed by atoms with Crippen LogP contribution in [0.1, 0.15) is 34.5 Å². The van der Waals surface area contributed by atoms with E-state index in [9.17, 15) is 56.2 Å². The fourth-order valence-electron chi connectivity index (χ4n) is 5.00. The van der Waals surface area contributed by atoms with Gasteiger partial charge >= 0.3 is 0 Å². The molecule has 0 saturated carbocycles. The Morgan fingerprint density at radius 3 is 1.37 bits per heavy atom. The van der Waals surface area contributed by atoms with Gasteiger partial charge in [-0.2, -0.15) is 0 Å². The van der Waals surface area contributed by atoms with Crippen LogP contribution in [-0.4, -0.2) is 68.4 Å². The van der Waals surface area contributed by atoms with Gasteiger partial charge in [0.15, 0.2) is 34.9 Å². The van der Waals surface area contributed by atoms with Gasteiger partial charge in [0.25, 0.3) is 0 Å². The van der Waals surface area contributed by atoms with Crippen LogP contribution in [0, 0.1) is 0 Å². The topological polar surface area (TPSA) is 241 Å². The van der Waals surface area contributed by atoms with E-state index in [-0.39, 0.29) is 64.4 Å². The van der Waals surface area contributed by atoms with E-state index in [1.54, 1.807) is 0 Å². The maximum absolute atomic E-state index is 10.2. The average molecular weight is 597 g/mol. The molecule has 2 aliphatic heterocycles. The first kappa shape index (κ1) is 29.1. The first-order valence-electron chi connectivity index (χ1n) is 12.9. The molecule has 6 rings (SSSR count). The molecule has 0 unspecified atom stereocenters. The summed E-state index contributed by atoms with van der Waals surface area (Å²) in [6.07, 6.45) is -3.48. The monoisotopic (exact) mass is 596 g/mol. The van der Waals surface area contributed by atoms with Gasteiger partial charge in [-0.1, -0.05) is 6.07 Å². The first-order valence-corrected chi connectivity index (χ1v) is 12.9. The van der Waals surface area contributed by atoms with Gasteiger partial charge < -0.3 is 65.6 Å². The number of hydrogen-bond donors (Lipinski definition) is 11. The lowest BCUT2D eigenvalue weighted by atomic mass is 9.93. The zero-order chi connectivity index (χ0) is 31.2. The fraction of sp³-hybridized carbons (Fsp3) is 0.200. The molecule has 13 heteroatoms. The van der Waals surface area contributed by atoms with Crippen LogP contribution < -0.4 is 9.47 Å². The molecule has 0 radical (unpaired) electrons. The van der Waals surface area contributed by atoms with Crippen LogP contribution in [0.25, 0.3) is 0 Å². The SMILES string of the molecule is Oc1cc(O)c2c(c1)O[C@H](c1cc(O)c(O)c(O)c1)[C@H](O)C2.Oc1cc(O)c2c(c1)O[C@H](c1ccc(O)c(O)c1)[C@H](O)C2. The summed E-state index contributed by atoms with van der Waals surface area (Å²) in [4.78, 5) is 0. The Morgan fingerprint density at radius 1 is 0.465 bits per heavy atom. The van der Waals surface area contributed by atoms with Gasteiger partial charge in [0.2, 0.25) is 0 Å². The number of aliphatic hydroxyl groups excluding tert-OH is 2. The summed E-state index contributed by atoms with van der Waals surface area (Å²) in [5, 5.41) is 106. The molecule has 4 atom stereocenters. The number of hydrogen-bond acceptors (Lipinski definition) is 13. The molecule has 0 fully saturated rings. The van der Waals surface area contributed by atoms with Gasteiger partial charge in [-0.3, -0.25) is 0 Å². The molecule has 0 saturated heterocycles. The number of benzene rings is 4. The quantitative estimate of drug-likeness (QED) is 0.149. The Labute approximate surface area is 243 Å². The third-order valence-electron chi connectivity index (χ3n) is 7.12. The average Bonchev–Trinajstić information content (AvgIpc) is 2.93. The minimum atomic E-state index is -1.05. The maximum Gasteiger partial charge on any atom is 0.200 e. The van der Waals surface area contributed by atoms with Crippen molar-refractivity contribution in [2.45, 2.75) is 37.3 Å². The van der Waals surface area contributed by atoms with Gasteiger partial charge in [0, 0.05) is 53.8 Å². The number of phenolic OH excluding ortho intramolecular Hbond substituents is 9. The van der Waals surface area contributed by atoms with Crippen molar-refractivity contribution < 1.29 is 65.6 Å². The lowest BCUT2D eigenvalue weighted by molar-refractivity contribution is 0.0196. The van der Waals surface area contributed by atoms with Gasteiger partial charge in [-0.25, -0.2) is 0 Å². The highest BCUT2D eigenvalue weighted by Crippen LogP contribution is 2.45. The van der Waals surface area contributed by atoms with Crippen molar-refractivity contribution in [1.82, 2.24) is 0 Å². The highest BCUT2D eigenvalue weighted by atomic mass is 16.5. The molecule has 0 bridgehead atoms. The van der Waals surface area contributed by atoms with Crippen LogP contribution in [0.3, 0.4) is 0 Å². The Morgan fingerprint density at radius 2 is 0.907 bits per heavy atom. The third-order valence-corrected chi connectivity index (χ3v) is 7.12. The van der Waals surface area contributed by atoms with Gasteiger partial charge in [0.1, 0.15) is 40.6 Å². The van der Waals surface area contributed by atoms with Crippen LogP contribution in [0.15, 0.2) is 54.6 Å². The van der Waals surface area contributed by atoms with Crippen LogP contribution in [0.4, 0.5) is 0 Å². The number of ether oxygens (including phenoxy) is 2. The molecule has 13 nitrogen and oxygen atoms in total. The van der Waals surface area contributed by atoms with Gasteiger partial charge in [-0.05, 0) is 29.8 Å². The lowest BCUT2D eigenvalue weighted by Gasteiger charge is -2.31. The molecule has 226 valence electrons. The van der Waals surface area contributed by atoms with E-state index in [2.05, 4.69) is 0 Å². The second-order valence-electron chi connectivity index (χ2n) is 10.2. The number of fused-ring (bicyclic) bond motifs is 2. The van der Waals surface area contributed by atoms with Gasteiger partial charge in [0.05, 0.1) is 12.2 Å². The number of phenols is 9. The minimum absolute atomic E-state index is 0.0640. The molecule has 0 amide bonds. The van der Waals surface area contributed by atoms with Crippen molar-refractivity contribution in [1.29, 1.82) is 0 Å². The molecule has 0 aliphatic carbocycles. The van der Waals surface area contributed by atoms with E-state index >= 15 is 0 Å². The smallest absolute Gasteiger partial charge is 0.200 e. The summed E-state index contributed by atoms with van der Waals surface area (Å²) < 4.78 is 11.2. The van der Waals surface area contributed by atoms with E-state index in [0.717, 1.165) is 18.2 Å². The summed E-state index contributed by atoms with van der Waals surface area (Å²) >= 11 is 0. The zero-order valence-electron chi connectivity index (χ0n) is 22.2. The predicted molar refractivity (Wildman–Crippen MR) is 147 cm³/mol. The van der Waals surface area contributed by atoms with Crippen molar-refractivity contribution in [3.8, 4) is 63.2 Å². The highest BCUT2D eigenvalue weighted by Gasteiger charge is 2.34. The van der Waals surface area contributed by atoms with Crippen LogP contribution in [0.5, 0.6) is 63.2 Å². The Balaban J connectivity index is 0.000000171. The van der Waals surface area contributed by atoms with Crippen molar-refractivity contribution >= 4 is 0 Å². The molecule has 0 aromatic heterocycles. The summed E-state index contributed by atoms with van der Waals surface area (Å²) in [6.45, 7) is 0. The molecule has 2 aliphatic rings. The minimum Gasteiger partial charge on any atom is -0.508 e. The third kappa shape index (κ3) is 5.71. The summed E-state index contributed by atoms with van der Waals surface area (Å²) in [7, 11) is 0. The molecule has 43 heavy (non-hydrogen) atoms. The molecule has 4 aromatic rings. The van der Waals surface area contributed by atoms with E-state index < -0.39 is 41.7 Å². The summed E-state index contributed by atoms with van der Waals surface area (Å²) in [5.41, 5.74) is 1.49. The van der Waals surface area contributed by atoms with Crippen LogP contribution in [0.2, 0.25) is 0 Å². The van der Waals surface area contributed by atoms with E-state index in [1.807, 2.05) is 0 Å². The van der Waals surface area contributed by atoms with Crippen LogP contribution in [-0.2, 0) is 12.8 Å². The Hall–Kier alpha value is -5.40. The summed E-state index contributed by atoms with van der Waals surface area (Å²) in [6, 6.07) is 11.4. The highest BCUT2D eigenvalue weighted by molar-refractivity contribution is 5.55. The second kappa shape index (κ2) is 11.1. The Bertz CT molecular complexity index is 1660. The maximum atomic E-state index is 10.2. The largest absolute Gasteiger partial charge is 0.508 e. The number of aromatic hydroxyl groups is 9. The van der Waals surface area contributed by atoms with Crippen molar-refractivity contribution in [2.24, 2.45) is 0 Å². The zero-order valence-corrected chi connectivity index (χ0v) is 22.2. The lowest BCUT2D eigenvalue weighted by Crippen LogP contribution is -2.30. The van der Waals surface area contributed by atoms with Crippen molar-refractivity contribution in [3.63, 3.8) is 0 Å². The van der Waals surface area contributed by atoms with Crippen molar-refractivity contribution in [3.05, 3.63) is 76.9 Å².